The second-order valence-electron chi connectivity index (χ2n) is 7.45. The summed E-state index contributed by atoms with van der Waals surface area (Å²) < 4.78 is 10.6. The Morgan fingerprint density at radius 2 is 1.80 bits per heavy atom. The van der Waals surface area contributed by atoms with E-state index in [0.717, 1.165) is 0 Å². The van der Waals surface area contributed by atoms with Gasteiger partial charge in [0.15, 0.2) is 12.7 Å². The molecule has 1 heterocycles. The largest absolute Gasteiger partial charge is 0.482 e. The Morgan fingerprint density at radius 3 is 2.50 bits per heavy atom. The number of ether oxygens (including phenoxy) is 2. The van der Waals surface area contributed by atoms with Gasteiger partial charge in [-0.2, -0.15) is 0 Å². The Hall–Kier alpha value is -3.35. The van der Waals surface area contributed by atoms with Gasteiger partial charge >= 0.3 is 5.97 Å². The van der Waals surface area contributed by atoms with Crippen LogP contribution in [-0.2, 0) is 19.1 Å². The number of carbonyl (C=O) groups is 3. The second-order valence-corrected chi connectivity index (χ2v) is 7.45. The van der Waals surface area contributed by atoms with E-state index in [4.69, 9.17) is 9.47 Å². The average Bonchev–Trinajstić information content (AvgIpc) is 2.73. The maximum atomic E-state index is 12.3. The minimum Gasteiger partial charge on any atom is -0.482 e. The molecule has 158 valence electrons. The predicted molar refractivity (Wildman–Crippen MR) is 114 cm³/mol. The molecule has 0 unspecified atom stereocenters. The highest BCUT2D eigenvalue weighted by Gasteiger charge is 2.26. The molecular formula is C23H26N2O5. The van der Waals surface area contributed by atoms with Crippen molar-refractivity contribution in [1.82, 2.24) is 0 Å². The molecule has 0 aromatic heterocycles. The maximum Gasteiger partial charge on any atom is 0.308 e. The van der Waals surface area contributed by atoms with Crippen molar-refractivity contribution in [2.45, 2.75) is 39.2 Å². The quantitative estimate of drug-likeness (QED) is 0.706. The maximum absolute atomic E-state index is 12.3. The Bertz CT molecular complexity index is 923. The molecule has 0 bridgehead atoms. The smallest absolute Gasteiger partial charge is 0.308 e. The third-order valence-corrected chi connectivity index (χ3v) is 4.87. The molecule has 1 atom stereocenters. The van der Waals surface area contributed by atoms with Crippen molar-refractivity contribution in [3.8, 4) is 5.75 Å². The molecule has 7 nitrogen and oxygen atoms in total. The van der Waals surface area contributed by atoms with Gasteiger partial charge in [0.2, 0.25) is 0 Å². The van der Waals surface area contributed by atoms with Crippen LogP contribution in [0, 0.1) is 0 Å². The van der Waals surface area contributed by atoms with E-state index in [9.17, 15) is 14.4 Å². The molecule has 1 aliphatic rings. The van der Waals surface area contributed by atoms with Crippen LogP contribution in [0.2, 0.25) is 0 Å². The lowest BCUT2D eigenvalue weighted by Crippen LogP contribution is -2.40. The van der Waals surface area contributed by atoms with Crippen LogP contribution in [0.1, 0.15) is 38.7 Å². The van der Waals surface area contributed by atoms with Gasteiger partial charge in [-0.3, -0.25) is 14.4 Å². The number of hydrogen-bond acceptors (Lipinski definition) is 5. The van der Waals surface area contributed by atoms with Gasteiger partial charge in [0.1, 0.15) is 5.75 Å². The molecule has 0 saturated heterocycles. The average molecular weight is 410 g/mol. The molecular weight excluding hydrogens is 384 g/mol. The van der Waals surface area contributed by atoms with E-state index in [0.29, 0.717) is 23.0 Å². The first kappa shape index (κ1) is 21.4. The lowest BCUT2D eigenvalue weighted by molar-refractivity contribution is -0.153. The second kappa shape index (κ2) is 9.43. The summed E-state index contributed by atoms with van der Waals surface area (Å²) in [5, 5.41) is 2.74. The summed E-state index contributed by atoms with van der Waals surface area (Å²) in [6.07, 6.45) is -0.976. The molecule has 7 heteroatoms. The fraction of sp³-hybridized carbons (Fsp3) is 0.348. The summed E-state index contributed by atoms with van der Waals surface area (Å²) in [6.45, 7) is 5.80. The van der Waals surface area contributed by atoms with Crippen molar-refractivity contribution in [2.24, 2.45) is 0 Å². The van der Waals surface area contributed by atoms with Gasteiger partial charge in [-0.1, -0.05) is 38.1 Å². The normalized spacial score (nSPS) is 14.0. The van der Waals surface area contributed by atoms with E-state index in [1.807, 2.05) is 30.3 Å². The van der Waals surface area contributed by atoms with Crippen LogP contribution in [0.25, 0.3) is 0 Å². The van der Waals surface area contributed by atoms with E-state index in [1.54, 1.807) is 18.2 Å². The van der Waals surface area contributed by atoms with Gasteiger partial charge in [-0.15, -0.1) is 0 Å². The number of amides is 2. The zero-order valence-corrected chi connectivity index (χ0v) is 17.4. The number of carbonyl (C=O) groups excluding carboxylic acids is 3. The molecule has 2 aromatic carbocycles. The summed E-state index contributed by atoms with van der Waals surface area (Å²) in [7, 11) is 0. The third-order valence-electron chi connectivity index (χ3n) is 4.87. The van der Waals surface area contributed by atoms with Gasteiger partial charge in [-0.05, 0) is 42.7 Å². The molecule has 1 N–H and O–H groups in total. The summed E-state index contributed by atoms with van der Waals surface area (Å²) in [4.78, 5) is 38.2. The van der Waals surface area contributed by atoms with Crippen LogP contribution in [0.4, 0.5) is 11.4 Å². The Balaban J connectivity index is 1.51. The van der Waals surface area contributed by atoms with Gasteiger partial charge < -0.3 is 19.7 Å². The summed E-state index contributed by atoms with van der Waals surface area (Å²) in [6, 6.07) is 14.7. The molecule has 3 rings (SSSR count). The van der Waals surface area contributed by atoms with Gasteiger partial charge in [-0.25, -0.2) is 0 Å². The van der Waals surface area contributed by atoms with E-state index in [2.05, 4.69) is 19.2 Å². The first-order valence-corrected chi connectivity index (χ1v) is 9.97. The zero-order chi connectivity index (χ0) is 21.7. The van der Waals surface area contributed by atoms with E-state index in [-0.39, 0.29) is 25.5 Å². The number of nitrogens with one attached hydrogen (secondary N) is 1. The number of benzene rings is 2. The van der Waals surface area contributed by atoms with Crippen molar-refractivity contribution in [3.05, 3.63) is 54.1 Å². The minimum atomic E-state index is -0.949. The predicted octanol–water partition coefficient (Wildman–Crippen LogP) is 3.50. The SMILES string of the molecule is CC(C)c1ccc(NC(=O)[C@@H](C)OC(=O)CCN2C(=O)COc3ccccc32)cc1. The van der Waals surface area contributed by atoms with Crippen LogP contribution < -0.4 is 15.0 Å². The number of esters is 1. The van der Waals surface area contributed by atoms with Crippen LogP contribution in [0.5, 0.6) is 5.75 Å². The highest BCUT2D eigenvalue weighted by Crippen LogP contribution is 2.31. The lowest BCUT2D eigenvalue weighted by atomic mass is 10.0. The van der Waals surface area contributed by atoms with Crippen LogP contribution >= 0.6 is 0 Å². The van der Waals surface area contributed by atoms with Gasteiger partial charge in [0, 0.05) is 12.2 Å². The highest BCUT2D eigenvalue weighted by molar-refractivity contribution is 5.98. The molecule has 1 aliphatic heterocycles. The van der Waals surface area contributed by atoms with E-state index >= 15 is 0 Å². The standard InChI is InChI=1S/C23H26N2O5/c1-15(2)17-8-10-18(11-9-17)24-23(28)16(3)30-22(27)12-13-25-19-6-4-5-7-20(19)29-14-21(25)26/h4-11,15-16H,12-14H2,1-3H3,(H,24,28)/t16-/m1/s1. The number of fused-ring (bicyclic) bond motifs is 1. The first-order chi connectivity index (χ1) is 14.3. The van der Waals surface area contributed by atoms with Gasteiger partial charge in [0.05, 0.1) is 12.1 Å². The molecule has 0 saturated carbocycles. The molecule has 2 amide bonds. The molecule has 2 aromatic rings. The fourth-order valence-electron chi connectivity index (χ4n) is 3.11. The molecule has 0 fully saturated rings. The number of para-hydroxylation sites is 2. The third kappa shape index (κ3) is 5.17. The number of anilines is 2. The van der Waals surface area contributed by atoms with Crippen molar-refractivity contribution in [1.29, 1.82) is 0 Å². The van der Waals surface area contributed by atoms with E-state index < -0.39 is 18.0 Å². The molecule has 0 aliphatic carbocycles. The zero-order valence-electron chi connectivity index (χ0n) is 17.4. The van der Waals surface area contributed by atoms with Crippen molar-refractivity contribution in [2.75, 3.05) is 23.4 Å². The minimum absolute atomic E-state index is 0.0270. The van der Waals surface area contributed by atoms with Crippen molar-refractivity contribution >= 4 is 29.2 Å². The molecule has 0 spiro atoms. The van der Waals surface area contributed by atoms with Crippen LogP contribution in [-0.4, -0.2) is 37.0 Å². The summed E-state index contributed by atoms with van der Waals surface area (Å²) >= 11 is 0. The monoisotopic (exact) mass is 410 g/mol. The first-order valence-electron chi connectivity index (χ1n) is 9.97. The number of nitrogens with zero attached hydrogens (tertiary/aromatic N) is 1. The van der Waals surface area contributed by atoms with Crippen molar-refractivity contribution in [3.63, 3.8) is 0 Å². The number of hydrogen-bond donors (Lipinski definition) is 1. The Morgan fingerprint density at radius 1 is 1.10 bits per heavy atom. The summed E-state index contributed by atoms with van der Waals surface area (Å²) in [5.74, 6) is -0.184. The Labute approximate surface area is 176 Å². The van der Waals surface area contributed by atoms with E-state index in [1.165, 1.54) is 17.4 Å². The van der Waals surface area contributed by atoms with Gasteiger partial charge in [0.25, 0.3) is 11.8 Å². The van der Waals surface area contributed by atoms with Crippen LogP contribution in [0.3, 0.4) is 0 Å². The highest BCUT2D eigenvalue weighted by atomic mass is 16.5. The fourth-order valence-corrected chi connectivity index (χ4v) is 3.11. The number of rotatable bonds is 7. The lowest BCUT2D eigenvalue weighted by Gasteiger charge is -2.29. The van der Waals surface area contributed by atoms with Crippen molar-refractivity contribution < 1.29 is 23.9 Å². The molecule has 0 radical (unpaired) electrons. The topological polar surface area (TPSA) is 84.9 Å². The van der Waals surface area contributed by atoms with Crippen LogP contribution in [0.15, 0.2) is 48.5 Å². The molecule has 30 heavy (non-hydrogen) atoms. The summed E-state index contributed by atoms with van der Waals surface area (Å²) in [5.41, 5.74) is 2.44. The Kier molecular flexibility index (Phi) is 6.72.